The van der Waals surface area contributed by atoms with Crippen molar-refractivity contribution in [3.63, 3.8) is 0 Å². The molecular weight excluding hydrogens is 350 g/mol. The number of amides is 1. The van der Waals surface area contributed by atoms with Gasteiger partial charge in [-0.3, -0.25) is 9.78 Å². The molecule has 2 heterocycles. The van der Waals surface area contributed by atoms with E-state index in [2.05, 4.69) is 21.2 Å². The molecule has 1 fully saturated rings. The number of carbonyl (C=O) groups is 1. The largest absolute Gasteiger partial charge is 0.341 e. The highest BCUT2D eigenvalue weighted by Gasteiger charge is 2.33. The molecule has 6 heteroatoms. The van der Waals surface area contributed by atoms with E-state index in [-0.39, 0.29) is 17.3 Å². The fraction of sp³-hybridized carbons (Fsp3) is 0.263. The van der Waals surface area contributed by atoms with Crippen LogP contribution in [-0.4, -0.2) is 32.9 Å². The van der Waals surface area contributed by atoms with E-state index < -0.39 is 0 Å². The number of pyridine rings is 1. The maximum atomic E-state index is 12.9. The van der Waals surface area contributed by atoms with Crippen molar-refractivity contribution in [1.29, 1.82) is 0 Å². The second kappa shape index (κ2) is 8.56. The summed E-state index contributed by atoms with van der Waals surface area (Å²) in [5.74, 6) is 0.952. The first kappa shape index (κ1) is 18.0. The Bertz CT molecular complexity index is 684. The summed E-state index contributed by atoms with van der Waals surface area (Å²) in [5.41, 5.74) is 1.86. The second-order valence-electron chi connectivity index (χ2n) is 5.76. The van der Waals surface area contributed by atoms with Gasteiger partial charge in [-0.25, -0.2) is 4.31 Å². The van der Waals surface area contributed by atoms with Crippen molar-refractivity contribution in [2.45, 2.75) is 18.3 Å². The third kappa shape index (κ3) is 4.66. The van der Waals surface area contributed by atoms with Crippen molar-refractivity contribution in [3.05, 3.63) is 77.5 Å². The topological polar surface area (TPSA) is 45.2 Å². The molecule has 1 aliphatic heterocycles. The van der Waals surface area contributed by atoms with Crippen LogP contribution >= 0.6 is 23.7 Å². The van der Waals surface area contributed by atoms with Crippen LogP contribution in [0.5, 0.6) is 0 Å². The van der Waals surface area contributed by atoms with Crippen LogP contribution in [0.1, 0.15) is 24.2 Å². The molecule has 0 aliphatic carbocycles. The number of allylic oxidation sites excluding steroid dienone is 1. The van der Waals surface area contributed by atoms with Gasteiger partial charge in [-0.1, -0.05) is 43.0 Å². The van der Waals surface area contributed by atoms with Crippen LogP contribution in [0.25, 0.3) is 0 Å². The van der Waals surface area contributed by atoms with E-state index in [1.165, 1.54) is 0 Å². The summed E-state index contributed by atoms with van der Waals surface area (Å²) < 4.78 is 2.10. The maximum absolute atomic E-state index is 12.9. The summed E-state index contributed by atoms with van der Waals surface area (Å²) in [6, 6.07) is 15.5. The summed E-state index contributed by atoms with van der Waals surface area (Å²) in [7, 11) is 0. The molecule has 0 bridgehead atoms. The Labute approximate surface area is 157 Å². The number of rotatable bonds is 6. The molecule has 0 saturated carbocycles. The van der Waals surface area contributed by atoms with E-state index in [0.29, 0.717) is 0 Å². The molecule has 2 aromatic rings. The zero-order chi connectivity index (χ0) is 17.6. The zero-order valence-electron chi connectivity index (χ0n) is 14.1. The highest BCUT2D eigenvalue weighted by atomic mass is 32.2. The highest BCUT2D eigenvalue weighted by molar-refractivity contribution is 8.04. The van der Waals surface area contributed by atoms with Crippen molar-refractivity contribution >= 4 is 29.6 Å². The van der Waals surface area contributed by atoms with Gasteiger partial charge in [0.15, 0.2) is 0 Å². The second-order valence-corrected chi connectivity index (χ2v) is 8.30. The number of benzene rings is 1. The molecule has 1 aliphatic rings. The van der Waals surface area contributed by atoms with Crippen LogP contribution in [0.4, 0.5) is 0 Å². The molecule has 4 nitrogen and oxygen atoms in total. The van der Waals surface area contributed by atoms with Crippen molar-refractivity contribution in [3.8, 4) is 0 Å². The van der Waals surface area contributed by atoms with Gasteiger partial charge >= 0.3 is 0 Å². The van der Waals surface area contributed by atoms with Crippen LogP contribution in [0, 0.1) is 0 Å². The first-order valence-electron chi connectivity index (χ1n) is 8.13. The normalized spacial score (nSPS) is 18.7. The number of hydrogen-bond donors (Lipinski definition) is 1. The third-order valence-electron chi connectivity index (χ3n) is 3.75. The monoisotopic (exact) mass is 371 g/mol. The average molecular weight is 372 g/mol. The zero-order valence-corrected chi connectivity index (χ0v) is 15.7. The Balaban J connectivity index is 1.81. The first-order valence-corrected chi connectivity index (χ1v) is 9.95. The van der Waals surface area contributed by atoms with Gasteiger partial charge in [-0.2, -0.15) is 0 Å². The quantitative estimate of drug-likeness (QED) is 0.782. The van der Waals surface area contributed by atoms with Gasteiger partial charge < -0.3 is 5.32 Å². The van der Waals surface area contributed by atoms with Crippen LogP contribution in [0.3, 0.4) is 0 Å². The van der Waals surface area contributed by atoms with E-state index in [4.69, 9.17) is 0 Å². The number of carbonyl (C=O) groups excluding carboxylic acids is 1. The molecule has 1 saturated heterocycles. The molecule has 1 aromatic carbocycles. The van der Waals surface area contributed by atoms with Crippen molar-refractivity contribution in [2.75, 3.05) is 12.3 Å². The number of hydrogen-bond acceptors (Lipinski definition) is 5. The minimum atomic E-state index is -0.257. The smallest absolute Gasteiger partial charge is 0.249 e. The predicted molar refractivity (Wildman–Crippen MR) is 106 cm³/mol. The first-order chi connectivity index (χ1) is 12.1. The maximum Gasteiger partial charge on any atom is 0.249 e. The Kier molecular flexibility index (Phi) is 6.18. The molecule has 1 N–H and O–H groups in total. The minimum Gasteiger partial charge on any atom is -0.341 e. The van der Waals surface area contributed by atoms with Crippen LogP contribution in [0.15, 0.2) is 66.2 Å². The lowest BCUT2D eigenvalue weighted by Gasteiger charge is -2.25. The molecule has 1 aromatic heterocycles. The molecule has 1 amide bonds. The van der Waals surface area contributed by atoms with Crippen molar-refractivity contribution < 1.29 is 4.79 Å². The number of nitrogens with zero attached hydrogens (tertiary/aromatic N) is 2. The summed E-state index contributed by atoms with van der Waals surface area (Å²) in [5, 5.41) is 2.98. The van der Waals surface area contributed by atoms with Crippen LogP contribution in [0.2, 0.25) is 0 Å². The molecule has 0 radical (unpaired) electrons. The number of aromatic nitrogens is 1. The van der Waals surface area contributed by atoms with Crippen molar-refractivity contribution in [2.24, 2.45) is 0 Å². The SMILES string of the molecule is C=C(C)SN1CCSC1C(=O)N[C@H](c1ccccc1)c1ccccn1. The van der Waals surface area contributed by atoms with Gasteiger partial charge in [0, 0.05) is 18.5 Å². The lowest BCUT2D eigenvalue weighted by atomic mass is 10.0. The highest BCUT2D eigenvalue weighted by Crippen LogP contribution is 2.33. The van der Waals surface area contributed by atoms with E-state index >= 15 is 0 Å². The van der Waals surface area contributed by atoms with E-state index in [9.17, 15) is 4.79 Å². The molecule has 130 valence electrons. The number of nitrogens with one attached hydrogen (secondary N) is 1. The fourth-order valence-corrected chi connectivity index (χ4v) is 4.91. The van der Waals surface area contributed by atoms with E-state index in [1.807, 2.05) is 55.5 Å². The van der Waals surface area contributed by atoms with E-state index in [1.54, 1.807) is 29.9 Å². The lowest BCUT2D eigenvalue weighted by molar-refractivity contribution is -0.122. The predicted octanol–water partition coefficient (Wildman–Crippen LogP) is 3.84. The molecule has 25 heavy (non-hydrogen) atoms. The van der Waals surface area contributed by atoms with Gasteiger partial charge in [0.1, 0.15) is 5.37 Å². The van der Waals surface area contributed by atoms with Gasteiger partial charge in [0.25, 0.3) is 0 Å². The summed E-state index contributed by atoms with van der Waals surface area (Å²) in [6.07, 6.45) is 1.75. The molecule has 1 unspecified atom stereocenters. The van der Waals surface area contributed by atoms with Gasteiger partial charge in [0.05, 0.1) is 11.7 Å². The minimum absolute atomic E-state index is 0.00996. The summed E-state index contributed by atoms with van der Waals surface area (Å²) >= 11 is 3.22. The Morgan fingerprint density at radius 1 is 1.32 bits per heavy atom. The summed E-state index contributed by atoms with van der Waals surface area (Å²) in [6.45, 7) is 6.78. The van der Waals surface area contributed by atoms with Gasteiger partial charge in [-0.15, -0.1) is 11.8 Å². The van der Waals surface area contributed by atoms with Gasteiger partial charge in [0.2, 0.25) is 5.91 Å². The Hall–Kier alpha value is -1.76. The number of thioether (sulfide) groups is 1. The average Bonchev–Trinajstić information content (AvgIpc) is 3.08. The Morgan fingerprint density at radius 2 is 2.08 bits per heavy atom. The molecule has 2 atom stereocenters. The molecular formula is C19H21N3OS2. The van der Waals surface area contributed by atoms with E-state index in [0.717, 1.165) is 28.5 Å². The van der Waals surface area contributed by atoms with Crippen LogP contribution < -0.4 is 5.32 Å². The lowest BCUT2D eigenvalue weighted by Crippen LogP contribution is -2.41. The molecule has 0 spiro atoms. The van der Waals surface area contributed by atoms with Gasteiger partial charge in [-0.05, 0) is 41.5 Å². The van der Waals surface area contributed by atoms with Crippen LogP contribution in [-0.2, 0) is 4.79 Å². The Morgan fingerprint density at radius 3 is 2.76 bits per heavy atom. The third-order valence-corrected chi connectivity index (χ3v) is 6.02. The van der Waals surface area contributed by atoms with Crippen molar-refractivity contribution in [1.82, 2.24) is 14.6 Å². The molecule has 3 rings (SSSR count). The standard InChI is InChI=1S/C19H21N3OS2/c1-14(2)25-22-12-13-24-19(22)18(23)21-17(15-8-4-3-5-9-15)16-10-6-7-11-20-16/h3-11,17,19H,1,12-13H2,2H3,(H,21,23)/t17-,19?/m1/s1. The summed E-state index contributed by atoms with van der Waals surface area (Å²) in [4.78, 5) is 18.4. The fourth-order valence-electron chi connectivity index (χ4n) is 2.69.